The van der Waals surface area contributed by atoms with Gasteiger partial charge in [-0.1, -0.05) is 18.5 Å². The molecular weight excluding hydrogens is 302 g/mol. The molecule has 1 rings (SSSR count). The van der Waals surface area contributed by atoms with Crippen molar-refractivity contribution in [3.8, 4) is 0 Å². The van der Waals surface area contributed by atoms with E-state index in [2.05, 4.69) is 15.0 Å². The number of halogens is 1. The number of pyridine rings is 1. The fraction of sp³-hybridized carbons (Fsp3) is 0.500. The third-order valence-electron chi connectivity index (χ3n) is 2.67. The number of aromatic nitrogens is 1. The maximum Gasteiger partial charge on any atom is 0.240 e. The first-order valence-corrected chi connectivity index (χ1v) is 8.12. The molecule has 6 nitrogen and oxygen atoms in total. The van der Waals surface area contributed by atoms with E-state index < -0.39 is 10.0 Å². The van der Waals surface area contributed by atoms with Crippen molar-refractivity contribution in [2.75, 3.05) is 6.54 Å². The third-order valence-corrected chi connectivity index (χ3v) is 4.34. The van der Waals surface area contributed by atoms with Crippen molar-refractivity contribution in [3.05, 3.63) is 23.5 Å². The highest BCUT2D eigenvalue weighted by molar-refractivity contribution is 7.89. The van der Waals surface area contributed by atoms with Gasteiger partial charge >= 0.3 is 0 Å². The molecule has 0 spiro atoms. The lowest BCUT2D eigenvalue weighted by atomic mass is 10.2. The summed E-state index contributed by atoms with van der Waals surface area (Å²) < 4.78 is 26.2. The summed E-state index contributed by atoms with van der Waals surface area (Å²) in [5, 5.41) is 2.86. The number of nitrogens with zero attached hydrogens (tertiary/aromatic N) is 1. The Balaban J connectivity index is 2.51. The topological polar surface area (TPSA) is 88.2 Å². The van der Waals surface area contributed by atoms with Crippen LogP contribution in [0, 0.1) is 0 Å². The van der Waals surface area contributed by atoms with Gasteiger partial charge < -0.3 is 5.32 Å². The Labute approximate surface area is 124 Å². The highest BCUT2D eigenvalue weighted by atomic mass is 35.5. The Morgan fingerprint density at radius 3 is 2.80 bits per heavy atom. The molecule has 0 saturated carbocycles. The van der Waals surface area contributed by atoms with Crippen LogP contribution in [-0.4, -0.2) is 31.9 Å². The maximum atomic E-state index is 11.9. The van der Waals surface area contributed by atoms with Crippen molar-refractivity contribution in [3.63, 3.8) is 0 Å². The zero-order valence-electron chi connectivity index (χ0n) is 11.4. The van der Waals surface area contributed by atoms with Gasteiger partial charge in [-0.2, -0.15) is 0 Å². The molecule has 1 aromatic heterocycles. The van der Waals surface area contributed by atoms with E-state index in [0.29, 0.717) is 0 Å². The first kappa shape index (κ1) is 16.9. The minimum Gasteiger partial charge on any atom is -0.354 e. The van der Waals surface area contributed by atoms with Crippen LogP contribution in [0.3, 0.4) is 0 Å². The molecule has 0 aliphatic rings. The predicted molar refractivity (Wildman–Crippen MR) is 76.9 cm³/mol. The fourth-order valence-corrected chi connectivity index (χ4v) is 2.67. The minimum absolute atomic E-state index is 0.0276. The first-order chi connectivity index (χ1) is 9.35. The van der Waals surface area contributed by atoms with Gasteiger partial charge in [0.1, 0.15) is 5.15 Å². The van der Waals surface area contributed by atoms with Crippen LogP contribution < -0.4 is 10.0 Å². The van der Waals surface area contributed by atoms with Crippen LogP contribution >= 0.6 is 11.6 Å². The molecule has 1 aromatic rings. The Morgan fingerprint density at radius 2 is 2.20 bits per heavy atom. The largest absolute Gasteiger partial charge is 0.354 e. The summed E-state index contributed by atoms with van der Waals surface area (Å²) in [6, 6.07) is 2.68. The van der Waals surface area contributed by atoms with E-state index in [1.807, 2.05) is 13.8 Å². The molecule has 112 valence electrons. The van der Waals surface area contributed by atoms with E-state index in [-0.39, 0.29) is 35.0 Å². The van der Waals surface area contributed by atoms with Gasteiger partial charge in [0.15, 0.2) is 0 Å². The van der Waals surface area contributed by atoms with Crippen molar-refractivity contribution in [1.29, 1.82) is 0 Å². The summed E-state index contributed by atoms with van der Waals surface area (Å²) >= 11 is 5.64. The van der Waals surface area contributed by atoms with Crippen molar-refractivity contribution >= 4 is 27.5 Å². The van der Waals surface area contributed by atoms with Crippen LogP contribution in [0.5, 0.6) is 0 Å². The van der Waals surface area contributed by atoms with Crippen molar-refractivity contribution in [2.24, 2.45) is 0 Å². The number of hydrogen-bond donors (Lipinski definition) is 2. The van der Waals surface area contributed by atoms with Gasteiger partial charge in [0.2, 0.25) is 15.9 Å². The quantitative estimate of drug-likeness (QED) is 0.742. The van der Waals surface area contributed by atoms with Gasteiger partial charge in [0, 0.05) is 25.2 Å². The molecule has 1 atom stereocenters. The number of carbonyl (C=O) groups excluding carboxylic acids is 1. The third kappa shape index (κ3) is 5.44. The summed E-state index contributed by atoms with van der Waals surface area (Å²) in [6.45, 7) is 3.88. The van der Waals surface area contributed by atoms with Gasteiger partial charge in [0.25, 0.3) is 0 Å². The second kappa shape index (κ2) is 7.56. The predicted octanol–water partition coefficient (Wildman–Crippen LogP) is 1.32. The standard InChI is InChI=1S/C12H18ClN3O3S/c1-3-9(2)16-12(17)5-7-15-20(18,19)10-4-6-14-11(13)8-10/h4,6,8-9,15H,3,5,7H2,1-2H3,(H,16,17). The summed E-state index contributed by atoms with van der Waals surface area (Å²) in [5.41, 5.74) is 0. The minimum atomic E-state index is -3.67. The van der Waals surface area contributed by atoms with E-state index in [4.69, 9.17) is 11.6 Å². The highest BCUT2D eigenvalue weighted by Crippen LogP contribution is 2.12. The number of sulfonamides is 1. The highest BCUT2D eigenvalue weighted by Gasteiger charge is 2.15. The molecule has 1 amide bonds. The monoisotopic (exact) mass is 319 g/mol. The van der Waals surface area contributed by atoms with E-state index in [9.17, 15) is 13.2 Å². The van der Waals surface area contributed by atoms with Crippen LogP contribution in [-0.2, 0) is 14.8 Å². The van der Waals surface area contributed by atoms with Crippen molar-refractivity contribution < 1.29 is 13.2 Å². The van der Waals surface area contributed by atoms with E-state index in [0.717, 1.165) is 6.42 Å². The molecule has 0 fully saturated rings. The van der Waals surface area contributed by atoms with E-state index in [1.54, 1.807) is 0 Å². The molecule has 0 aliphatic heterocycles. The van der Waals surface area contributed by atoms with E-state index in [1.165, 1.54) is 18.3 Å². The molecule has 0 radical (unpaired) electrons. The summed E-state index contributed by atoms with van der Waals surface area (Å²) in [4.78, 5) is 15.3. The van der Waals surface area contributed by atoms with Gasteiger partial charge in [-0.3, -0.25) is 4.79 Å². The molecule has 8 heteroatoms. The first-order valence-electron chi connectivity index (χ1n) is 6.25. The van der Waals surface area contributed by atoms with Gasteiger partial charge in [0.05, 0.1) is 4.90 Å². The van der Waals surface area contributed by atoms with Crippen LogP contribution in [0.15, 0.2) is 23.2 Å². The molecule has 1 heterocycles. The average Bonchev–Trinajstić information content (AvgIpc) is 2.38. The van der Waals surface area contributed by atoms with Crippen LogP contribution in [0.25, 0.3) is 0 Å². The van der Waals surface area contributed by atoms with E-state index >= 15 is 0 Å². The second-order valence-corrected chi connectivity index (χ2v) is 6.49. The number of amides is 1. The second-order valence-electron chi connectivity index (χ2n) is 4.34. The van der Waals surface area contributed by atoms with Crippen molar-refractivity contribution in [2.45, 2.75) is 37.6 Å². The average molecular weight is 320 g/mol. The number of carbonyl (C=O) groups is 1. The zero-order valence-corrected chi connectivity index (χ0v) is 13.0. The number of nitrogens with one attached hydrogen (secondary N) is 2. The smallest absolute Gasteiger partial charge is 0.240 e. The maximum absolute atomic E-state index is 11.9. The number of hydrogen-bond acceptors (Lipinski definition) is 4. The fourth-order valence-electron chi connectivity index (χ4n) is 1.38. The summed E-state index contributed by atoms with van der Waals surface area (Å²) in [5.74, 6) is -0.185. The normalized spacial score (nSPS) is 12.9. The SMILES string of the molecule is CCC(C)NC(=O)CCNS(=O)(=O)c1ccnc(Cl)c1. The Hall–Kier alpha value is -1.18. The lowest BCUT2D eigenvalue weighted by Gasteiger charge is -2.11. The molecule has 1 unspecified atom stereocenters. The van der Waals surface area contributed by atoms with Crippen molar-refractivity contribution in [1.82, 2.24) is 15.0 Å². The lowest BCUT2D eigenvalue weighted by molar-refractivity contribution is -0.121. The van der Waals surface area contributed by atoms with Crippen LogP contribution in [0.2, 0.25) is 5.15 Å². The van der Waals surface area contributed by atoms with Crippen LogP contribution in [0.1, 0.15) is 26.7 Å². The van der Waals surface area contributed by atoms with Gasteiger partial charge in [-0.15, -0.1) is 0 Å². The molecule has 0 aromatic carbocycles. The summed E-state index contributed by atoms with van der Waals surface area (Å²) in [6.07, 6.45) is 2.22. The molecule has 0 aliphatic carbocycles. The van der Waals surface area contributed by atoms with Gasteiger partial charge in [-0.05, 0) is 25.5 Å². The molecule has 20 heavy (non-hydrogen) atoms. The molecule has 2 N–H and O–H groups in total. The Bertz CT molecular complexity index is 563. The zero-order chi connectivity index (χ0) is 15.2. The molecule has 0 bridgehead atoms. The lowest BCUT2D eigenvalue weighted by Crippen LogP contribution is -2.35. The number of rotatable bonds is 7. The Morgan fingerprint density at radius 1 is 1.50 bits per heavy atom. The molecular formula is C12H18ClN3O3S. The summed E-state index contributed by atoms with van der Waals surface area (Å²) in [7, 11) is -3.67. The van der Waals surface area contributed by atoms with Crippen LogP contribution in [0.4, 0.5) is 0 Å². The Kier molecular flexibility index (Phi) is 6.38. The van der Waals surface area contributed by atoms with Gasteiger partial charge in [-0.25, -0.2) is 18.1 Å². The molecule has 0 saturated heterocycles.